The van der Waals surface area contributed by atoms with Gasteiger partial charge in [-0.2, -0.15) is 10.1 Å². The Morgan fingerprint density at radius 2 is 1.79 bits per heavy atom. The highest BCUT2D eigenvalue weighted by Gasteiger charge is 2.24. The molecule has 34 heavy (non-hydrogen) atoms. The summed E-state index contributed by atoms with van der Waals surface area (Å²) < 4.78 is 3.07. The number of hydrogen-bond donors (Lipinski definition) is 0. The number of fused-ring (bicyclic) bond motifs is 1. The van der Waals surface area contributed by atoms with Crippen LogP contribution in [0.5, 0.6) is 0 Å². The predicted molar refractivity (Wildman–Crippen MR) is 140 cm³/mol. The first-order chi connectivity index (χ1) is 16.4. The van der Waals surface area contributed by atoms with E-state index in [9.17, 15) is 4.79 Å². The standard InChI is InChI=1S/C26H30N6OS/c1-18-7-5-8-22(17-18)32-24-23(19(2)28-32)34-26(27-24)31-14-6-13-30(15-16-31)25(33)20-9-11-21(12-10-20)29(3)4/h5,7-12,17H,6,13-16H2,1-4H3. The highest BCUT2D eigenvalue weighted by atomic mass is 32.1. The molecule has 0 bridgehead atoms. The first-order valence-corrected chi connectivity index (χ1v) is 12.5. The van der Waals surface area contributed by atoms with Gasteiger partial charge in [0.05, 0.1) is 16.1 Å². The molecule has 0 atom stereocenters. The maximum atomic E-state index is 13.1. The minimum atomic E-state index is 0.0994. The average molecular weight is 475 g/mol. The number of carbonyl (C=O) groups excluding carboxylic acids is 1. The Balaban J connectivity index is 1.34. The third-order valence-corrected chi connectivity index (χ3v) is 7.52. The minimum absolute atomic E-state index is 0.0994. The SMILES string of the molecule is Cc1cccc(-n2nc(C)c3sc(N4CCCN(C(=O)c5ccc(N(C)C)cc5)CC4)nc32)c1. The summed E-state index contributed by atoms with van der Waals surface area (Å²) in [5.74, 6) is 0.0994. The van der Waals surface area contributed by atoms with Gasteiger partial charge >= 0.3 is 0 Å². The number of anilines is 2. The molecular formula is C26H30N6OS. The number of rotatable bonds is 4. The molecule has 1 aliphatic heterocycles. The van der Waals surface area contributed by atoms with Crippen molar-refractivity contribution >= 4 is 38.4 Å². The fourth-order valence-electron chi connectivity index (χ4n) is 4.39. The third kappa shape index (κ3) is 4.25. The lowest BCUT2D eigenvalue weighted by Gasteiger charge is -2.22. The molecule has 0 unspecified atom stereocenters. The molecule has 176 valence electrons. The van der Waals surface area contributed by atoms with Crippen LogP contribution >= 0.6 is 11.3 Å². The Morgan fingerprint density at radius 1 is 1.00 bits per heavy atom. The summed E-state index contributed by atoms with van der Waals surface area (Å²) in [6.07, 6.45) is 0.917. The van der Waals surface area contributed by atoms with Crippen molar-refractivity contribution in [3.8, 4) is 5.69 Å². The number of carbonyl (C=O) groups is 1. The van der Waals surface area contributed by atoms with Crippen LogP contribution in [-0.2, 0) is 0 Å². The predicted octanol–water partition coefficient (Wildman–Crippen LogP) is 4.52. The molecule has 1 amide bonds. The summed E-state index contributed by atoms with van der Waals surface area (Å²) >= 11 is 1.69. The molecule has 1 fully saturated rings. The van der Waals surface area contributed by atoms with Crippen LogP contribution in [-0.4, -0.2) is 65.8 Å². The van der Waals surface area contributed by atoms with Crippen molar-refractivity contribution in [2.45, 2.75) is 20.3 Å². The van der Waals surface area contributed by atoms with E-state index >= 15 is 0 Å². The van der Waals surface area contributed by atoms with Crippen molar-refractivity contribution in [1.29, 1.82) is 0 Å². The summed E-state index contributed by atoms with van der Waals surface area (Å²) in [6, 6.07) is 16.2. The zero-order chi connectivity index (χ0) is 23.8. The fourth-order valence-corrected chi connectivity index (χ4v) is 5.43. The van der Waals surface area contributed by atoms with Gasteiger partial charge in [-0.3, -0.25) is 4.79 Å². The summed E-state index contributed by atoms with van der Waals surface area (Å²) in [5.41, 5.74) is 5.96. The van der Waals surface area contributed by atoms with Gasteiger partial charge in [-0.05, 0) is 62.2 Å². The zero-order valence-electron chi connectivity index (χ0n) is 20.2. The van der Waals surface area contributed by atoms with Crippen LogP contribution < -0.4 is 9.80 Å². The summed E-state index contributed by atoms with van der Waals surface area (Å²) in [6.45, 7) is 7.23. The quantitative estimate of drug-likeness (QED) is 0.435. The molecule has 0 N–H and O–H groups in total. The van der Waals surface area contributed by atoms with E-state index in [-0.39, 0.29) is 5.91 Å². The molecule has 0 aliphatic carbocycles. The second-order valence-corrected chi connectivity index (χ2v) is 10.0. The first kappa shape index (κ1) is 22.4. The third-order valence-electron chi connectivity index (χ3n) is 6.31. The maximum Gasteiger partial charge on any atom is 0.253 e. The van der Waals surface area contributed by atoms with Crippen LogP contribution in [0.3, 0.4) is 0 Å². The highest BCUT2D eigenvalue weighted by Crippen LogP contribution is 2.33. The number of aryl methyl sites for hydroxylation is 2. The summed E-state index contributed by atoms with van der Waals surface area (Å²) in [4.78, 5) is 24.4. The molecule has 5 rings (SSSR count). The van der Waals surface area contributed by atoms with Crippen molar-refractivity contribution in [3.05, 3.63) is 65.4 Å². The average Bonchev–Trinajstić information content (AvgIpc) is 3.29. The second kappa shape index (κ2) is 9.10. The molecule has 1 saturated heterocycles. The highest BCUT2D eigenvalue weighted by molar-refractivity contribution is 7.22. The Labute approximate surface area is 204 Å². The lowest BCUT2D eigenvalue weighted by atomic mass is 10.1. The molecule has 2 aromatic carbocycles. The summed E-state index contributed by atoms with van der Waals surface area (Å²) in [5, 5.41) is 5.74. The number of thiazole rings is 1. The molecular weight excluding hydrogens is 444 g/mol. The van der Waals surface area contributed by atoms with Crippen molar-refractivity contribution in [3.63, 3.8) is 0 Å². The molecule has 7 nitrogen and oxygen atoms in total. The van der Waals surface area contributed by atoms with Crippen molar-refractivity contribution in [2.24, 2.45) is 0 Å². The molecule has 1 aliphatic rings. The van der Waals surface area contributed by atoms with Crippen LogP contribution in [0.25, 0.3) is 16.0 Å². The first-order valence-electron chi connectivity index (χ1n) is 11.7. The molecule has 2 aromatic heterocycles. The minimum Gasteiger partial charge on any atom is -0.378 e. The van der Waals surface area contributed by atoms with Crippen LogP contribution in [0.15, 0.2) is 48.5 Å². The Kier molecular flexibility index (Phi) is 6.00. The zero-order valence-corrected chi connectivity index (χ0v) is 21.0. The Bertz CT molecular complexity index is 1320. The van der Waals surface area contributed by atoms with Gasteiger partial charge < -0.3 is 14.7 Å². The molecule has 0 spiro atoms. The lowest BCUT2D eigenvalue weighted by Crippen LogP contribution is -2.35. The Morgan fingerprint density at radius 3 is 2.53 bits per heavy atom. The van der Waals surface area contributed by atoms with Gasteiger partial charge in [0.1, 0.15) is 0 Å². The molecule has 0 radical (unpaired) electrons. The van der Waals surface area contributed by atoms with E-state index in [4.69, 9.17) is 10.1 Å². The van der Waals surface area contributed by atoms with Crippen LogP contribution in [0.2, 0.25) is 0 Å². The normalized spacial score (nSPS) is 14.5. The van der Waals surface area contributed by atoms with Crippen LogP contribution in [0, 0.1) is 13.8 Å². The van der Waals surface area contributed by atoms with Crippen molar-refractivity contribution < 1.29 is 4.79 Å². The van der Waals surface area contributed by atoms with Gasteiger partial charge in [-0.15, -0.1) is 0 Å². The number of benzene rings is 2. The van der Waals surface area contributed by atoms with E-state index in [1.165, 1.54) is 5.56 Å². The lowest BCUT2D eigenvalue weighted by molar-refractivity contribution is 0.0767. The second-order valence-electron chi connectivity index (χ2n) is 9.06. The van der Waals surface area contributed by atoms with Crippen molar-refractivity contribution in [2.75, 3.05) is 50.1 Å². The van der Waals surface area contributed by atoms with Gasteiger partial charge in [-0.1, -0.05) is 23.5 Å². The monoisotopic (exact) mass is 474 g/mol. The molecule has 0 saturated carbocycles. The molecule has 8 heteroatoms. The van der Waals surface area contributed by atoms with E-state index in [2.05, 4.69) is 36.1 Å². The van der Waals surface area contributed by atoms with Gasteiger partial charge in [0.2, 0.25) is 0 Å². The van der Waals surface area contributed by atoms with Crippen LogP contribution in [0.1, 0.15) is 28.0 Å². The van der Waals surface area contributed by atoms with E-state index < -0.39 is 0 Å². The number of amides is 1. The van der Waals surface area contributed by atoms with Gasteiger partial charge in [0, 0.05) is 51.5 Å². The summed E-state index contributed by atoms with van der Waals surface area (Å²) in [7, 11) is 4.00. The van der Waals surface area contributed by atoms with Gasteiger partial charge in [0.15, 0.2) is 10.8 Å². The van der Waals surface area contributed by atoms with Crippen molar-refractivity contribution in [1.82, 2.24) is 19.7 Å². The maximum absolute atomic E-state index is 13.1. The van der Waals surface area contributed by atoms with E-state index in [1.807, 2.05) is 59.8 Å². The van der Waals surface area contributed by atoms with E-state index in [0.29, 0.717) is 6.54 Å². The fraction of sp³-hybridized carbons (Fsp3) is 0.346. The number of hydrogen-bond acceptors (Lipinski definition) is 6. The largest absolute Gasteiger partial charge is 0.378 e. The number of aromatic nitrogens is 3. The van der Waals surface area contributed by atoms with Gasteiger partial charge in [0.25, 0.3) is 5.91 Å². The Hall–Kier alpha value is -3.39. The van der Waals surface area contributed by atoms with Crippen LogP contribution in [0.4, 0.5) is 10.8 Å². The van der Waals surface area contributed by atoms with E-state index in [0.717, 1.165) is 64.2 Å². The van der Waals surface area contributed by atoms with Gasteiger partial charge in [-0.25, -0.2) is 4.68 Å². The molecule has 3 heterocycles. The van der Waals surface area contributed by atoms with E-state index in [1.54, 1.807) is 11.3 Å². The number of nitrogens with zero attached hydrogens (tertiary/aromatic N) is 6. The topological polar surface area (TPSA) is 57.5 Å². The smallest absolute Gasteiger partial charge is 0.253 e. The molecule has 4 aromatic rings.